The van der Waals surface area contributed by atoms with Crippen molar-refractivity contribution in [1.82, 2.24) is 5.32 Å². The first-order valence-corrected chi connectivity index (χ1v) is 5.27. The lowest BCUT2D eigenvalue weighted by molar-refractivity contribution is 0.0360. The molecule has 0 fully saturated rings. The molecular weight excluding hydrogens is 166 g/mol. The van der Waals surface area contributed by atoms with E-state index in [1.807, 2.05) is 0 Å². The van der Waals surface area contributed by atoms with Gasteiger partial charge in [-0.25, -0.2) is 0 Å². The van der Waals surface area contributed by atoms with E-state index < -0.39 is 0 Å². The van der Waals surface area contributed by atoms with Gasteiger partial charge in [-0.3, -0.25) is 0 Å². The summed E-state index contributed by atoms with van der Waals surface area (Å²) >= 11 is 0. The molecule has 0 spiro atoms. The topological polar surface area (TPSA) is 41.5 Å². The van der Waals surface area contributed by atoms with Gasteiger partial charge in [0.2, 0.25) is 0 Å². The van der Waals surface area contributed by atoms with Crippen molar-refractivity contribution >= 4 is 0 Å². The van der Waals surface area contributed by atoms with Gasteiger partial charge in [-0.05, 0) is 19.4 Å². The molecule has 0 bridgehead atoms. The molecule has 0 saturated heterocycles. The highest BCUT2D eigenvalue weighted by molar-refractivity contribution is 4.57. The van der Waals surface area contributed by atoms with E-state index in [2.05, 4.69) is 19.2 Å². The van der Waals surface area contributed by atoms with Gasteiger partial charge < -0.3 is 15.2 Å². The predicted octanol–water partition coefficient (Wildman–Crippen LogP) is 1.16. The largest absolute Gasteiger partial charge is 0.389 e. The maximum Gasteiger partial charge on any atom is 0.0897 e. The summed E-state index contributed by atoms with van der Waals surface area (Å²) in [6.45, 7) is 7.06. The zero-order valence-electron chi connectivity index (χ0n) is 8.88. The first-order chi connectivity index (χ1) is 6.31. The van der Waals surface area contributed by atoms with Crippen LogP contribution in [0.15, 0.2) is 0 Å². The van der Waals surface area contributed by atoms with Gasteiger partial charge in [-0.2, -0.15) is 0 Å². The van der Waals surface area contributed by atoms with Gasteiger partial charge in [0, 0.05) is 13.2 Å². The fraction of sp³-hybridized carbons (Fsp3) is 1.00. The van der Waals surface area contributed by atoms with Crippen molar-refractivity contribution in [2.75, 3.05) is 26.3 Å². The molecule has 1 atom stereocenters. The molecule has 0 radical (unpaired) electrons. The van der Waals surface area contributed by atoms with Gasteiger partial charge in [0.15, 0.2) is 0 Å². The Kier molecular flexibility index (Phi) is 9.87. The summed E-state index contributed by atoms with van der Waals surface area (Å²) in [6.07, 6.45) is 2.96. The maximum atomic E-state index is 9.39. The summed E-state index contributed by atoms with van der Waals surface area (Å²) < 4.78 is 5.28. The van der Waals surface area contributed by atoms with E-state index in [0.29, 0.717) is 13.2 Å². The number of nitrogens with one attached hydrogen (secondary N) is 1. The van der Waals surface area contributed by atoms with Gasteiger partial charge in [0.05, 0.1) is 12.7 Å². The molecule has 0 aliphatic carbocycles. The van der Waals surface area contributed by atoms with Crippen LogP contribution in [0.1, 0.15) is 33.1 Å². The average molecular weight is 189 g/mol. The molecule has 0 aromatic carbocycles. The van der Waals surface area contributed by atoms with Crippen LogP contribution < -0.4 is 5.32 Å². The minimum Gasteiger partial charge on any atom is -0.389 e. The molecule has 0 saturated carbocycles. The van der Waals surface area contributed by atoms with Crippen molar-refractivity contribution in [3.8, 4) is 0 Å². The SMILES string of the molecule is CCCCOCC(O)CNCCC. The maximum absolute atomic E-state index is 9.39. The standard InChI is InChI=1S/C10H23NO2/c1-3-5-7-13-9-10(12)8-11-6-4-2/h10-12H,3-9H2,1-2H3. The van der Waals surface area contributed by atoms with Crippen molar-refractivity contribution in [2.24, 2.45) is 0 Å². The summed E-state index contributed by atoms with van der Waals surface area (Å²) in [5.41, 5.74) is 0. The Morgan fingerprint density at radius 2 is 2.08 bits per heavy atom. The van der Waals surface area contributed by atoms with Gasteiger partial charge in [-0.15, -0.1) is 0 Å². The Hall–Kier alpha value is -0.120. The third-order valence-electron chi connectivity index (χ3n) is 1.76. The van der Waals surface area contributed by atoms with E-state index in [0.717, 1.165) is 32.4 Å². The van der Waals surface area contributed by atoms with Crippen molar-refractivity contribution in [1.29, 1.82) is 0 Å². The summed E-state index contributed by atoms with van der Waals surface area (Å²) in [5, 5.41) is 12.5. The lowest BCUT2D eigenvalue weighted by Crippen LogP contribution is -2.30. The fourth-order valence-electron chi connectivity index (χ4n) is 0.970. The molecule has 13 heavy (non-hydrogen) atoms. The molecule has 0 aromatic heterocycles. The Bertz CT molecular complexity index is 98.9. The summed E-state index contributed by atoms with van der Waals surface area (Å²) in [4.78, 5) is 0. The van der Waals surface area contributed by atoms with E-state index >= 15 is 0 Å². The van der Waals surface area contributed by atoms with Crippen LogP contribution in [0.4, 0.5) is 0 Å². The van der Waals surface area contributed by atoms with E-state index in [1.165, 1.54) is 0 Å². The van der Waals surface area contributed by atoms with Gasteiger partial charge >= 0.3 is 0 Å². The van der Waals surface area contributed by atoms with Crippen LogP contribution in [0, 0.1) is 0 Å². The first-order valence-electron chi connectivity index (χ1n) is 5.27. The van der Waals surface area contributed by atoms with Crippen LogP contribution in [0.25, 0.3) is 0 Å². The highest BCUT2D eigenvalue weighted by atomic mass is 16.5. The molecule has 3 heteroatoms. The minimum absolute atomic E-state index is 0.358. The molecule has 0 aliphatic rings. The average Bonchev–Trinajstić information content (AvgIpc) is 2.13. The monoisotopic (exact) mass is 189 g/mol. The van der Waals surface area contributed by atoms with Gasteiger partial charge in [0.25, 0.3) is 0 Å². The zero-order valence-corrected chi connectivity index (χ0v) is 8.88. The smallest absolute Gasteiger partial charge is 0.0897 e. The van der Waals surface area contributed by atoms with E-state index in [1.54, 1.807) is 0 Å². The zero-order chi connectivity index (χ0) is 9.94. The third-order valence-corrected chi connectivity index (χ3v) is 1.76. The van der Waals surface area contributed by atoms with Crippen LogP contribution in [-0.4, -0.2) is 37.5 Å². The first kappa shape index (κ1) is 12.9. The molecule has 1 unspecified atom stereocenters. The van der Waals surface area contributed by atoms with Crippen LogP contribution in [0.2, 0.25) is 0 Å². The second-order valence-corrected chi connectivity index (χ2v) is 3.29. The lowest BCUT2D eigenvalue weighted by atomic mass is 10.3. The minimum atomic E-state index is -0.358. The van der Waals surface area contributed by atoms with Crippen LogP contribution in [0.3, 0.4) is 0 Å². The summed E-state index contributed by atoms with van der Waals surface area (Å²) in [7, 11) is 0. The van der Waals surface area contributed by atoms with E-state index in [-0.39, 0.29) is 6.10 Å². The Morgan fingerprint density at radius 1 is 1.31 bits per heavy atom. The van der Waals surface area contributed by atoms with Crippen molar-refractivity contribution in [2.45, 2.75) is 39.2 Å². The van der Waals surface area contributed by atoms with E-state index in [4.69, 9.17) is 4.74 Å². The summed E-state index contributed by atoms with van der Waals surface area (Å²) in [5.74, 6) is 0. The highest BCUT2D eigenvalue weighted by Crippen LogP contribution is 1.90. The molecular formula is C10H23NO2. The number of hydrogen-bond donors (Lipinski definition) is 2. The lowest BCUT2D eigenvalue weighted by Gasteiger charge is -2.11. The molecule has 0 aliphatic heterocycles. The second kappa shape index (κ2) is 9.96. The highest BCUT2D eigenvalue weighted by Gasteiger charge is 2.02. The van der Waals surface area contributed by atoms with Crippen LogP contribution in [0.5, 0.6) is 0 Å². The third kappa shape index (κ3) is 9.80. The molecule has 3 nitrogen and oxygen atoms in total. The fourth-order valence-corrected chi connectivity index (χ4v) is 0.970. The molecule has 0 aromatic rings. The molecule has 0 amide bonds. The normalized spacial score (nSPS) is 13.2. The molecule has 0 heterocycles. The van der Waals surface area contributed by atoms with Gasteiger partial charge in [-0.1, -0.05) is 20.3 Å². The van der Waals surface area contributed by atoms with Crippen LogP contribution in [-0.2, 0) is 4.74 Å². The van der Waals surface area contributed by atoms with Gasteiger partial charge in [0.1, 0.15) is 0 Å². The number of rotatable bonds is 9. The van der Waals surface area contributed by atoms with Crippen LogP contribution >= 0.6 is 0 Å². The second-order valence-electron chi connectivity index (χ2n) is 3.29. The quantitative estimate of drug-likeness (QED) is 0.535. The number of hydrogen-bond acceptors (Lipinski definition) is 3. The van der Waals surface area contributed by atoms with E-state index in [9.17, 15) is 5.11 Å². The molecule has 0 rings (SSSR count). The Labute approximate surface area is 81.5 Å². The number of unbranched alkanes of at least 4 members (excludes halogenated alkanes) is 1. The number of ether oxygens (including phenoxy) is 1. The summed E-state index contributed by atoms with van der Waals surface area (Å²) in [6, 6.07) is 0. The van der Waals surface area contributed by atoms with Crippen molar-refractivity contribution in [3.05, 3.63) is 0 Å². The number of aliphatic hydroxyl groups is 1. The number of aliphatic hydroxyl groups excluding tert-OH is 1. The Balaban J connectivity index is 3.05. The molecule has 2 N–H and O–H groups in total. The van der Waals surface area contributed by atoms with Crippen molar-refractivity contribution < 1.29 is 9.84 Å². The van der Waals surface area contributed by atoms with Crippen molar-refractivity contribution in [3.63, 3.8) is 0 Å². The predicted molar refractivity (Wildman–Crippen MR) is 54.9 cm³/mol. The Morgan fingerprint density at radius 3 is 2.69 bits per heavy atom. The molecule has 80 valence electrons.